The highest BCUT2D eigenvalue weighted by atomic mass is 32.2. The highest BCUT2D eigenvalue weighted by Gasteiger charge is 2.31. The van der Waals surface area contributed by atoms with E-state index in [1.807, 2.05) is 11.8 Å². The fourth-order valence-corrected chi connectivity index (χ4v) is 4.40. The highest BCUT2D eigenvalue weighted by molar-refractivity contribution is 8.00. The molecule has 1 heterocycles. The van der Waals surface area contributed by atoms with E-state index < -0.39 is 0 Å². The molecule has 0 aromatic heterocycles. The molecule has 0 amide bonds. The van der Waals surface area contributed by atoms with Crippen molar-refractivity contribution in [2.24, 2.45) is 10.9 Å². The number of hydrogen-bond donors (Lipinski definition) is 2. The van der Waals surface area contributed by atoms with Crippen molar-refractivity contribution in [1.29, 1.82) is 0 Å². The molecule has 0 bridgehead atoms. The predicted octanol–water partition coefficient (Wildman–Crippen LogP) is 3.42. The van der Waals surface area contributed by atoms with Crippen LogP contribution < -0.4 is 10.6 Å². The Morgan fingerprint density at radius 2 is 1.96 bits per heavy atom. The third-order valence-electron chi connectivity index (χ3n) is 5.26. The van der Waals surface area contributed by atoms with Crippen LogP contribution in [-0.2, 0) is 4.74 Å². The third-order valence-corrected chi connectivity index (χ3v) is 6.67. The van der Waals surface area contributed by atoms with E-state index in [4.69, 9.17) is 9.73 Å². The van der Waals surface area contributed by atoms with E-state index in [9.17, 15) is 0 Å². The van der Waals surface area contributed by atoms with Crippen LogP contribution in [0.3, 0.4) is 0 Å². The summed E-state index contributed by atoms with van der Waals surface area (Å²) < 4.78 is 5.78. The molecule has 0 atom stereocenters. The SMILES string of the molecule is CCNC(=NCC1(SC)CCOCC1)NCCCC1CCCC1. The topological polar surface area (TPSA) is 45.7 Å². The summed E-state index contributed by atoms with van der Waals surface area (Å²) in [5.74, 6) is 1.97. The van der Waals surface area contributed by atoms with Crippen LogP contribution in [0.4, 0.5) is 0 Å². The van der Waals surface area contributed by atoms with Gasteiger partial charge in [0.1, 0.15) is 0 Å². The van der Waals surface area contributed by atoms with Crippen molar-refractivity contribution in [1.82, 2.24) is 10.6 Å². The summed E-state index contributed by atoms with van der Waals surface area (Å²) in [4.78, 5) is 4.87. The number of thioether (sulfide) groups is 1. The lowest BCUT2D eigenvalue weighted by molar-refractivity contribution is 0.0794. The molecule has 1 aliphatic heterocycles. The molecular formula is C18H35N3OS. The van der Waals surface area contributed by atoms with E-state index in [0.717, 1.165) is 57.6 Å². The summed E-state index contributed by atoms with van der Waals surface area (Å²) >= 11 is 1.96. The molecule has 2 fully saturated rings. The monoisotopic (exact) mass is 341 g/mol. The number of hydrogen-bond acceptors (Lipinski definition) is 3. The van der Waals surface area contributed by atoms with Gasteiger partial charge in [0.25, 0.3) is 0 Å². The fraction of sp³-hybridized carbons (Fsp3) is 0.944. The zero-order valence-corrected chi connectivity index (χ0v) is 15.8. The van der Waals surface area contributed by atoms with Gasteiger partial charge >= 0.3 is 0 Å². The van der Waals surface area contributed by atoms with Gasteiger partial charge in [-0.15, -0.1) is 0 Å². The first-order valence-corrected chi connectivity index (χ1v) is 10.7. The Labute approximate surface area is 146 Å². The van der Waals surface area contributed by atoms with E-state index in [0.29, 0.717) is 0 Å². The number of rotatable bonds is 8. The standard InChI is InChI=1S/C18H35N3OS/c1-3-19-17(20-12-6-9-16-7-4-5-8-16)21-15-18(23-2)10-13-22-14-11-18/h16H,3-15H2,1-2H3,(H2,19,20,21). The van der Waals surface area contributed by atoms with Gasteiger partial charge < -0.3 is 15.4 Å². The van der Waals surface area contributed by atoms with Crippen molar-refractivity contribution in [3.05, 3.63) is 0 Å². The first kappa shape index (κ1) is 18.9. The van der Waals surface area contributed by atoms with Gasteiger partial charge in [-0.05, 0) is 44.8 Å². The smallest absolute Gasteiger partial charge is 0.191 e. The summed E-state index contributed by atoms with van der Waals surface area (Å²) in [7, 11) is 0. The molecule has 0 unspecified atom stereocenters. The lowest BCUT2D eigenvalue weighted by atomic mass is 9.99. The second-order valence-electron chi connectivity index (χ2n) is 6.91. The third kappa shape index (κ3) is 6.54. The van der Waals surface area contributed by atoms with E-state index in [1.165, 1.54) is 38.5 Å². The van der Waals surface area contributed by atoms with Crippen LogP contribution in [0.5, 0.6) is 0 Å². The van der Waals surface area contributed by atoms with Crippen molar-refractivity contribution in [3.8, 4) is 0 Å². The fourth-order valence-electron chi connectivity index (χ4n) is 3.63. The van der Waals surface area contributed by atoms with Gasteiger partial charge in [-0.2, -0.15) is 11.8 Å². The van der Waals surface area contributed by atoms with Crippen molar-refractivity contribution >= 4 is 17.7 Å². The van der Waals surface area contributed by atoms with Crippen molar-refractivity contribution in [3.63, 3.8) is 0 Å². The van der Waals surface area contributed by atoms with Crippen LogP contribution in [-0.4, -0.2) is 49.8 Å². The number of aliphatic imine (C=N–C) groups is 1. The van der Waals surface area contributed by atoms with E-state index >= 15 is 0 Å². The Morgan fingerprint density at radius 3 is 2.61 bits per heavy atom. The maximum atomic E-state index is 5.52. The summed E-state index contributed by atoms with van der Waals surface area (Å²) in [6, 6.07) is 0. The average Bonchev–Trinajstić information content (AvgIpc) is 3.10. The van der Waals surface area contributed by atoms with Gasteiger partial charge in [-0.1, -0.05) is 25.7 Å². The molecule has 134 valence electrons. The minimum absolute atomic E-state index is 0.268. The normalized spacial score (nSPS) is 22.3. The van der Waals surface area contributed by atoms with Crippen LogP contribution in [0.1, 0.15) is 58.3 Å². The Balaban J connectivity index is 1.74. The number of ether oxygens (including phenoxy) is 1. The molecule has 2 N–H and O–H groups in total. The van der Waals surface area contributed by atoms with Gasteiger partial charge in [0.2, 0.25) is 0 Å². The summed E-state index contributed by atoms with van der Waals surface area (Å²) in [5.41, 5.74) is 0. The maximum absolute atomic E-state index is 5.52. The molecule has 5 heteroatoms. The molecule has 2 rings (SSSR count). The van der Waals surface area contributed by atoms with Gasteiger partial charge in [-0.25, -0.2) is 0 Å². The summed E-state index contributed by atoms with van der Waals surface area (Å²) in [6.07, 6.45) is 12.9. The van der Waals surface area contributed by atoms with Crippen molar-refractivity contribution < 1.29 is 4.74 Å². The molecule has 1 saturated heterocycles. The van der Waals surface area contributed by atoms with Crippen LogP contribution in [0.25, 0.3) is 0 Å². The Kier molecular flexibility index (Phi) is 8.59. The van der Waals surface area contributed by atoms with E-state index in [2.05, 4.69) is 23.8 Å². The van der Waals surface area contributed by atoms with Crippen molar-refractivity contribution in [2.75, 3.05) is 39.1 Å². The van der Waals surface area contributed by atoms with Crippen molar-refractivity contribution in [2.45, 2.75) is 63.0 Å². The second kappa shape index (κ2) is 10.4. The number of nitrogens with one attached hydrogen (secondary N) is 2. The van der Waals surface area contributed by atoms with Gasteiger partial charge in [0.15, 0.2) is 5.96 Å². The van der Waals surface area contributed by atoms with Gasteiger partial charge in [0, 0.05) is 31.1 Å². The van der Waals surface area contributed by atoms with Gasteiger partial charge in [-0.3, -0.25) is 4.99 Å². The Bertz CT molecular complexity index is 350. The Hall–Kier alpha value is -0.420. The molecule has 0 aromatic rings. The highest BCUT2D eigenvalue weighted by Crippen LogP contribution is 2.34. The molecule has 0 spiro atoms. The quantitative estimate of drug-likeness (QED) is 0.403. The van der Waals surface area contributed by atoms with Crippen LogP contribution in [0.2, 0.25) is 0 Å². The van der Waals surface area contributed by atoms with Gasteiger partial charge in [0.05, 0.1) is 6.54 Å². The van der Waals surface area contributed by atoms with Crippen LogP contribution in [0, 0.1) is 5.92 Å². The molecular weight excluding hydrogens is 306 g/mol. The first-order chi connectivity index (χ1) is 11.3. The molecule has 1 saturated carbocycles. The van der Waals surface area contributed by atoms with Crippen LogP contribution in [0.15, 0.2) is 4.99 Å². The minimum atomic E-state index is 0.268. The molecule has 1 aliphatic carbocycles. The molecule has 0 radical (unpaired) electrons. The minimum Gasteiger partial charge on any atom is -0.381 e. The van der Waals surface area contributed by atoms with Crippen LogP contribution >= 0.6 is 11.8 Å². The summed E-state index contributed by atoms with van der Waals surface area (Å²) in [6.45, 7) is 6.73. The zero-order valence-electron chi connectivity index (χ0n) is 15.0. The lowest BCUT2D eigenvalue weighted by Gasteiger charge is -2.34. The largest absolute Gasteiger partial charge is 0.381 e. The summed E-state index contributed by atoms with van der Waals surface area (Å²) in [5, 5.41) is 6.91. The zero-order chi connectivity index (χ0) is 16.4. The number of guanidine groups is 1. The lowest BCUT2D eigenvalue weighted by Crippen LogP contribution is -2.41. The molecule has 4 nitrogen and oxygen atoms in total. The number of nitrogens with zero attached hydrogens (tertiary/aromatic N) is 1. The average molecular weight is 342 g/mol. The van der Waals surface area contributed by atoms with E-state index in [1.54, 1.807) is 0 Å². The second-order valence-corrected chi connectivity index (χ2v) is 8.19. The molecule has 2 aliphatic rings. The first-order valence-electron chi connectivity index (χ1n) is 9.43. The Morgan fingerprint density at radius 1 is 1.22 bits per heavy atom. The predicted molar refractivity (Wildman–Crippen MR) is 101 cm³/mol. The molecule has 23 heavy (non-hydrogen) atoms. The van der Waals surface area contributed by atoms with E-state index in [-0.39, 0.29) is 4.75 Å². The molecule has 0 aromatic carbocycles. The maximum Gasteiger partial charge on any atom is 0.191 e.